The van der Waals surface area contributed by atoms with Gasteiger partial charge in [-0.1, -0.05) is 44.5 Å². The van der Waals surface area contributed by atoms with Crippen LogP contribution in [0.15, 0.2) is 30.5 Å². The number of nitrogens with zero attached hydrogens (tertiary/aromatic N) is 1. The van der Waals surface area contributed by atoms with Crippen LogP contribution in [0, 0.1) is 6.92 Å². The number of aryl methyl sites for hydroxylation is 1. The summed E-state index contributed by atoms with van der Waals surface area (Å²) in [5, 5.41) is 0.560. The van der Waals surface area contributed by atoms with Gasteiger partial charge in [0.25, 0.3) is 0 Å². The van der Waals surface area contributed by atoms with Gasteiger partial charge in [0, 0.05) is 24.4 Å². The summed E-state index contributed by atoms with van der Waals surface area (Å²) in [6.07, 6.45) is 1.58. The average molecular weight is 305 g/mol. The van der Waals surface area contributed by atoms with E-state index in [9.17, 15) is 0 Å². The fourth-order valence-electron chi connectivity index (χ4n) is 2.12. The molecule has 21 heavy (non-hydrogen) atoms. The van der Waals surface area contributed by atoms with E-state index in [2.05, 4.69) is 37.9 Å². The first kappa shape index (κ1) is 15.8. The Balaban J connectivity index is 2.41. The van der Waals surface area contributed by atoms with Gasteiger partial charge in [-0.25, -0.2) is 4.98 Å². The van der Waals surface area contributed by atoms with Gasteiger partial charge in [0.1, 0.15) is 5.75 Å². The third-order valence-electron chi connectivity index (χ3n) is 3.29. The standard InChI is InChI=1S/C17H21ClN2O/c1-11-5-6-13(17(2,3)4)15(7-11)21-16-8-12(9-19)14(18)10-20-16/h5-8,10H,9,19H2,1-4H3. The fourth-order valence-corrected chi connectivity index (χ4v) is 2.30. The van der Waals surface area contributed by atoms with Crippen molar-refractivity contribution < 1.29 is 4.74 Å². The zero-order valence-corrected chi connectivity index (χ0v) is 13.7. The Morgan fingerprint density at radius 2 is 1.95 bits per heavy atom. The van der Waals surface area contributed by atoms with E-state index >= 15 is 0 Å². The lowest BCUT2D eigenvalue weighted by Gasteiger charge is -2.23. The van der Waals surface area contributed by atoms with Gasteiger partial charge in [0.15, 0.2) is 0 Å². The molecule has 2 N–H and O–H groups in total. The van der Waals surface area contributed by atoms with Gasteiger partial charge in [0.05, 0.1) is 5.02 Å². The Labute approximate surface area is 131 Å². The number of benzene rings is 1. The van der Waals surface area contributed by atoms with Crippen LogP contribution in [0.4, 0.5) is 0 Å². The minimum absolute atomic E-state index is 0.00778. The molecule has 3 nitrogen and oxygen atoms in total. The third-order valence-corrected chi connectivity index (χ3v) is 3.63. The van der Waals surface area contributed by atoms with Crippen LogP contribution in [-0.4, -0.2) is 4.98 Å². The van der Waals surface area contributed by atoms with E-state index in [1.54, 1.807) is 12.3 Å². The molecule has 0 aliphatic rings. The van der Waals surface area contributed by atoms with Gasteiger partial charge in [-0.2, -0.15) is 0 Å². The number of pyridine rings is 1. The molecule has 0 atom stereocenters. The van der Waals surface area contributed by atoms with E-state index in [1.807, 2.05) is 13.0 Å². The second-order valence-electron chi connectivity index (χ2n) is 6.17. The molecule has 0 bridgehead atoms. The zero-order chi connectivity index (χ0) is 15.6. The van der Waals surface area contributed by atoms with E-state index in [0.717, 1.165) is 22.4 Å². The van der Waals surface area contributed by atoms with Gasteiger partial charge in [-0.05, 0) is 29.5 Å². The monoisotopic (exact) mass is 304 g/mol. The third kappa shape index (κ3) is 3.74. The highest BCUT2D eigenvalue weighted by atomic mass is 35.5. The van der Waals surface area contributed by atoms with Crippen molar-refractivity contribution in [3.05, 3.63) is 52.2 Å². The molecule has 0 spiro atoms. The van der Waals surface area contributed by atoms with Gasteiger partial charge < -0.3 is 10.5 Å². The topological polar surface area (TPSA) is 48.1 Å². The molecule has 0 aliphatic carbocycles. The van der Waals surface area contributed by atoms with E-state index in [0.29, 0.717) is 17.4 Å². The molecule has 0 radical (unpaired) electrons. The van der Waals surface area contributed by atoms with E-state index in [4.69, 9.17) is 22.1 Å². The van der Waals surface area contributed by atoms with Crippen LogP contribution in [0.3, 0.4) is 0 Å². The molecule has 4 heteroatoms. The quantitative estimate of drug-likeness (QED) is 0.902. The van der Waals surface area contributed by atoms with Gasteiger partial charge in [-0.3, -0.25) is 0 Å². The lowest BCUT2D eigenvalue weighted by molar-refractivity contribution is 0.439. The maximum absolute atomic E-state index is 6.03. The lowest BCUT2D eigenvalue weighted by atomic mass is 9.86. The smallest absolute Gasteiger partial charge is 0.219 e. The maximum atomic E-state index is 6.03. The number of rotatable bonds is 3. The molecule has 1 aromatic carbocycles. The number of ether oxygens (including phenoxy) is 1. The summed E-state index contributed by atoms with van der Waals surface area (Å²) >= 11 is 6.03. The first-order chi connectivity index (χ1) is 9.81. The van der Waals surface area contributed by atoms with Crippen molar-refractivity contribution >= 4 is 11.6 Å². The summed E-state index contributed by atoms with van der Waals surface area (Å²) in [4.78, 5) is 4.23. The first-order valence-corrected chi connectivity index (χ1v) is 7.32. The molecule has 1 aromatic heterocycles. The number of halogens is 1. The van der Waals surface area contributed by atoms with Crippen LogP contribution >= 0.6 is 11.6 Å². The van der Waals surface area contributed by atoms with Crippen molar-refractivity contribution in [2.75, 3.05) is 0 Å². The Hall–Kier alpha value is -1.58. The van der Waals surface area contributed by atoms with Crippen LogP contribution in [0.25, 0.3) is 0 Å². The predicted octanol–water partition coefficient (Wildman–Crippen LogP) is 4.59. The largest absolute Gasteiger partial charge is 0.439 e. The molecule has 1 heterocycles. The minimum Gasteiger partial charge on any atom is -0.439 e. The van der Waals surface area contributed by atoms with Crippen LogP contribution in [0.2, 0.25) is 5.02 Å². The number of nitrogens with two attached hydrogens (primary N) is 1. The van der Waals surface area contributed by atoms with E-state index < -0.39 is 0 Å². The summed E-state index contributed by atoms with van der Waals surface area (Å²) in [6, 6.07) is 8.01. The van der Waals surface area contributed by atoms with Crippen LogP contribution in [0.1, 0.15) is 37.5 Å². The van der Waals surface area contributed by atoms with Crippen molar-refractivity contribution in [1.29, 1.82) is 0 Å². The fraction of sp³-hybridized carbons (Fsp3) is 0.353. The van der Waals surface area contributed by atoms with Gasteiger partial charge in [0.2, 0.25) is 5.88 Å². The summed E-state index contributed by atoms with van der Waals surface area (Å²) in [6.45, 7) is 8.87. The van der Waals surface area contributed by atoms with Crippen LogP contribution in [-0.2, 0) is 12.0 Å². The van der Waals surface area contributed by atoms with E-state index in [1.165, 1.54) is 0 Å². The molecule has 2 rings (SSSR count). The van der Waals surface area contributed by atoms with Crippen LogP contribution in [0.5, 0.6) is 11.6 Å². The molecule has 112 valence electrons. The second-order valence-corrected chi connectivity index (χ2v) is 6.58. The zero-order valence-electron chi connectivity index (χ0n) is 12.9. The number of hydrogen-bond donors (Lipinski definition) is 1. The van der Waals surface area contributed by atoms with Crippen molar-refractivity contribution in [1.82, 2.24) is 4.98 Å². The number of hydrogen-bond acceptors (Lipinski definition) is 3. The highest BCUT2D eigenvalue weighted by Crippen LogP contribution is 2.34. The molecule has 0 aliphatic heterocycles. The molecule has 0 unspecified atom stereocenters. The highest BCUT2D eigenvalue weighted by molar-refractivity contribution is 6.31. The predicted molar refractivity (Wildman–Crippen MR) is 87.1 cm³/mol. The van der Waals surface area contributed by atoms with Crippen molar-refractivity contribution in [2.45, 2.75) is 39.7 Å². The molecule has 2 aromatic rings. The Morgan fingerprint density at radius 1 is 1.24 bits per heavy atom. The summed E-state index contributed by atoms with van der Waals surface area (Å²) in [5.41, 5.74) is 8.77. The van der Waals surface area contributed by atoms with Crippen molar-refractivity contribution in [2.24, 2.45) is 5.73 Å². The van der Waals surface area contributed by atoms with Crippen LogP contribution < -0.4 is 10.5 Å². The first-order valence-electron chi connectivity index (χ1n) is 6.94. The molecule has 0 fully saturated rings. The number of aromatic nitrogens is 1. The molecule has 0 amide bonds. The van der Waals surface area contributed by atoms with Crippen molar-refractivity contribution in [3.8, 4) is 11.6 Å². The molecule has 0 saturated carbocycles. The van der Waals surface area contributed by atoms with Gasteiger partial charge in [-0.15, -0.1) is 0 Å². The Bertz CT molecular complexity index is 648. The Kier molecular flexibility index (Phi) is 4.55. The Morgan fingerprint density at radius 3 is 2.57 bits per heavy atom. The summed E-state index contributed by atoms with van der Waals surface area (Å²) in [5.74, 6) is 1.33. The average Bonchev–Trinajstić information content (AvgIpc) is 2.39. The van der Waals surface area contributed by atoms with Crippen molar-refractivity contribution in [3.63, 3.8) is 0 Å². The maximum Gasteiger partial charge on any atom is 0.219 e. The second kappa shape index (κ2) is 6.04. The minimum atomic E-state index is -0.00778. The molecular weight excluding hydrogens is 284 g/mol. The summed E-state index contributed by atoms with van der Waals surface area (Å²) < 4.78 is 5.99. The van der Waals surface area contributed by atoms with Gasteiger partial charge >= 0.3 is 0 Å². The normalized spacial score (nSPS) is 11.5. The highest BCUT2D eigenvalue weighted by Gasteiger charge is 2.19. The summed E-state index contributed by atoms with van der Waals surface area (Å²) in [7, 11) is 0. The lowest BCUT2D eigenvalue weighted by Crippen LogP contribution is -2.12. The van der Waals surface area contributed by atoms with E-state index in [-0.39, 0.29) is 5.41 Å². The molecular formula is C17H21ClN2O. The SMILES string of the molecule is Cc1ccc(C(C)(C)C)c(Oc2cc(CN)c(Cl)cn2)c1. The molecule has 0 saturated heterocycles.